The molecule has 0 aromatic heterocycles. The summed E-state index contributed by atoms with van der Waals surface area (Å²) >= 11 is 0. The van der Waals surface area contributed by atoms with E-state index in [4.69, 9.17) is 0 Å². The Morgan fingerprint density at radius 1 is 1.14 bits per heavy atom. The molecule has 0 heterocycles. The zero-order chi connectivity index (χ0) is 14.9. The Kier molecular flexibility index (Phi) is 4.11. The van der Waals surface area contributed by atoms with Gasteiger partial charge < -0.3 is 10.4 Å². The average molecular weight is 287 g/mol. The number of aryl methyl sites for hydroxylation is 1. The molecule has 1 unspecified atom stereocenters. The highest BCUT2D eigenvalue weighted by Crippen LogP contribution is 2.40. The van der Waals surface area contributed by atoms with Gasteiger partial charge in [-0.1, -0.05) is 38.1 Å². The Morgan fingerprint density at radius 2 is 1.86 bits per heavy atom. The van der Waals surface area contributed by atoms with Gasteiger partial charge in [-0.3, -0.25) is 0 Å². The lowest BCUT2D eigenvalue weighted by molar-refractivity contribution is -0.0264. The summed E-state index contributed by atoms with van der Waals surface area (Å²) in [4.78, 5) is 0. The molecule has 0 radical (unpaired) electrons. The topological polar surface area (TPSA) is 32.3 Å². The van der Waals surface area contributed by atoms with Crippen LogP contribution in [0.2, 0.25) is 0 Å². The van der Waals surface area contributed by atoms with Crippen molar-refractivity contribution in [2.45, 2.75) is 70.4 Å². The first-order valence-corrected chi connectivity index (χ1v) is 8.51. The SMILES string of the molecule is CC1(C)CCC(O)(CNC2CCCc3ccccc32)CC1. The lowest BCUT2D eigenvalue weighted by Crippen LogP contribution is -2.46. The maximum atomic E-state index is 10.8. The van der Waals surface area contributed by atoms with E-state index in [1.807, 2.05) is 0 Å². The predicted octanol–water partition coefficient (Wildman–Crippen LogP) is 3.98. The van der Waals surface area contributed by atoms with Crippen molar-refractivity contribution in [3.05, 3.63) is 35.4 Å². The van der Waals surface area contributed by atoms with Crippen LogP contribution in [0, 0.1) is 5.41 Å². The van der Waals surface area contributed by atoms with E-state index in [1.165, 1.54) is 30.4 Å². The van der Waals surface area contributed by atoms with Gasteiger partial charge in [0.25, 0.3) is 0 Å². The smallest absolute Gasteiger partial charge is 0.0772 e. The molecule has 0 spiro atoms. The van der Waals surface area contributed by atoms with Gasteiger partial charge in [-0.15, -0.1) is 0 Å². The number of nitrogens with one attached hydrogen (secondary N) is 1. The zero-order valence-electron chi connectivity index (χ0n) is 13.5. The molecule has 21 heavy (non-hydrogen) atoms. The predicted molar refractivity (Wildman–Crippen MR) is 87.3 cm³/mol. The Morgan fingerprint density at radius 3 is 2.62 bits per heavy atom. The van der Waals surface area contributed by atoms with E-state index >= 15 is 0 Å². The average Bonchev–Trinajstić information content (AvgIpc) is 2.49. The van der Waals surface area contributed by atoms with Crippen molar-refractivity contribution >= 4 is 0 Å². The normalized spacial score (nSPS) is 27.1. The Labute approximate surface area is 129 Å². The summed E-state index contributed by atoms with van der Waals surface area (Å²) < 4.78 is 0. The summed E-state index contributed by atoms with van der Waals surface area (Å²) in [6, 6.07) is 9.20. The summed E-state index contributed by atoms with van der Waals surface area (Å²) in [6.45, 7) is 5.37. The molecule has 2 N–H and O–H groups in total. The lowest BCUT2D eigenvalue weighted by Gasteiger charge is -2.41. The maximum absolute atomic E-state index is 10.8. The van der Waals surface area contributed by atoms with Crippen molar-refractivity contribution in [1.82, 2.24) is 5.32 Å². The van der Waals surface area contributed by atoms with Crippen LogP contribution in [0.5, 0.6) is 0 Å². The minimum absolute atomic E-state index is 0.406. The van der Waals surface area contributed by atoms with Crippen molar-refractivity contribution in [3.63, 3.8) is 0 Å². The fourth-order valence-electron chi connectivity index (χ4n) is 3.85. The van der Waals surface area contributed by atoms with E-state index < -0.39 is 5.60 Å². The van der Waals surface area contributed by atoms with Crippen LogP contribution < -0.4 is 5.32 Å². The molecule has 0 aliphatic heterocycles. The van der Waals surface area contributed by atoms with E-state index in [0.29, 0.717) is 11.5 Å². The molecule has 1 aromatic carbocycles. The van der Waals surface area contributed by atoms with Crippen LogP contribution >= 0.6 is 0 Å². The van der Waals surface area contributed by atoms with Crippen LogP contribution in [0.3, 0.4) is 0 Å². The monoisotopic (exact) mass is 287 g/mol. The third-order valence-corrected chi connectivity index (χ3v) is 5.58. The number of hydrogen-bond acceptors (Lipinski definition) is 2. The Balaban J connectivity index is 1.61. The second kappa shape index (κ2) is 5.73. The second-order valence-electron chi connectivity index (χ2n) is 7.91. The van der Waals surface area contributed by atoms with Gasteiger partial charge in [-0.25, -0.2) is 0 Å². The summed E-state index contributed by atoms with van der Waals surface area (Å²) in [5.41, 5.74) is 2.84. The summed E-state index contributed by atoms with van der Waals surface area (Å²) in [5, 5.41) is 14.5. The first-order valence-electron chi connectivity index (χ1n) is 8.51. The number of aliphatic hydroxyl groups is 1. The van der Waals surface area contributed by atoms with Gasteiger partial charge in [0, 0.05) is 12.6 Å². The van der Waals surface area contributed by atoms with Gasteiger partial charge in [0.1, 0.15) is 0 Å². The fraction of sp³-hybridized carbons (Fsp3) is 0.684. The van der Waals surface area contributed by atoms with E-state index in [0.717, 1.165) is 32.2 Å². The van der Waals surface area contributed by atoms with Crippen molar-refractivity contribution < 1.29 is 5.11 Å². The van der Waals surface area contributed by atoms with Gasteiger partial charge in [0.05, 0.1) is 5.60 Å². The number of benzene rings is 1. The molecule has 2 aliphatic rings. The first-order chi connectivity index (χ1) is 9.98. The lowest BCUT2D eigenvalue weighted by atomic mass is 9.71. The minimum Gasteiger partial charge on any atom is -0.389 e. The second-order valence-corrected chi connectivity index (χ2v) is 7.91. The number of rotatable bonds is 3. The van der Waals surface area contributed by atoms with E-state index in [1.54, 1.807) is 0 Å². The van der Waals surface area contributed by atoms with Gasteiger partial charge in [-0.2, -0.15) is 0 Å². The Hall–Kier alpha value is -0.860. The molecule has 0 saturated heterocycles. The van der Waals surface area contributed by atoms with Crippen LogP contribution in [-0.4, -0.2) is 17.3 Å². The van der Waals surface area contributed by atoms with Crippen LogP contribution in [-0.2, 0) is 6.42 Å². The highest BCUT2D eigenvalue weighted by Gasteiger charge is 2.37. The van der Waals surface area contributed by atoms with E-state index in [9.17, 15) is 5.11 Å². The third kappa shape index (κ3) is 3.49. The zero-order valence-corrected chi connectivity index (χ0v) is 13.5. The highest BCUT2D eigenvalue weighted by atomic mass is 16.3. The molecule has 1 atom stereocenters. The van der Waals surface area contributed by atoms with Crippen LogP contribution in [0.25, 0.3) is 0 Å². The molecule has 1 aromatic rings. The van der Waals surface area contributed by atoms with Gasteiger partial charge >= 0.3 is 0 Å². The van der Waals surface area contributed by atoms with Crippen LogP contribution in [0.1, 0.15) is 69.5 Å². The third-order valence-electron chi connectivity index (χ3n) is 5.58. The molecule has 2 aliphatic carbocycles. The molecule has 1 fully saturated rings. The molecule has 2 heteroatoms. The molecule has 3 rings (SSSR count). The quantitative estimate of drug-likeness (QED) is 0.881. The largest absolute Gasteiger partial charge is 0.389 e. The molecular formula is C19H29NO. The van der Waals surface area contributed by atoms with Gasteiger partial charge in [0.15, 0.2) is 0 Å². The van der Waals surface area contributed by atoms with Gasteiger partial charge in [0.2, 0.25) is 0 Å². The van der Waals surface area contributed by atoms with Crippen molar-refractivity contribution in [3.8, 4) is 0 Å². The number of hydrogen-bond donors (Lipinski definition) is 2. The van der Waals surface area contributed by atoms with Crippen LogP contribution in [0.15, 0.2) is 24.3 Å². The Bertz CT molecular complexity index is 484. The molecule has 1 saturated carbocycles. The molecule has 0 bridgehead atoms. The van der Waals surface area contributed by atoms with E-state index in [2.05, 4.69) is 43.4 Å². The molecule has 2 nitrogen and oxygen atoms in total. The molecule has 116 valence electrons. The summed E-state index contributed by atoms with van der Waals surface area (Å²) in [6.07, 6.45) is 7.77. The fourth-order valence-corrected chi connectivity index (χ4v) is 3.85. The standard InChI is InChI=1S/C19H29NO/c1-18(2)10-12-19(21,13-11-18)14-20-17-9-5-7-15-6-3-4-8-16(15)17/h3-4,6,8,17,20-21H,5,7,9-14H2,1-2H3. The minimum atomic E-state index is -0.498. The molecular weight excluding hydrogens is 258 g/mol. The van der Waals surface area contributed by atoms with Gasteiger partial charge in [-0.05, 0) is 61.5 Å². The van der Waals surface area contributed by atoms with Crippen molar-refractivity contribution in [2.24, 2.45) is 5.41 Å². The highest BCUT2D eigenvalue weighted by molar-refractivity contribution is 5.32. The number of fused-ring (bicyclic) bond motifs is 1. The van der Waals surface area contributed by atoms with Crippen LogP contribution in [0.4, 0.5) is 0 Å². The van der Waals surface area contributed by atoms with Crippen molar-refractivity contribution in [2.75, 3.05) is 6.54 Å². The maximum Gasteiger partial charge on any atom is 0.0772 e. The first kappa shape index (κ1) is 15.1. The van der Waals surface area contributed by atoms with Crippen molar-refractivity contribution in [1.29, 1.82) is 0 Å². The molecule has 0 amide bonds. The summed E-state index contributed by atoms with van der Waals surface area (Å²) in [7, 11) is 0. The summed E-state index contributed by atoms with van der Waals surface area (Å²) in [5.74, 6) is 0. The van der Waals surface area contributed by atoms with E-state index in [-0.39, 0.29) is 0 Å².